The van der Waals surface area contributed by atoms with Crippen LogP contribution in [0.25, 0.3) is 0 Å². The van der Waals surface area contributed by atoms with Gasteiger partial charge in [0.1, 0.15) is 12.4 Å². The van der Waals surface area contributed by atoms with Gasteiger partial charge in [-0.15, -0.1) is 0 Å². The average Bonchev–Trinajstić information content (AvgIpc) is 2.84. The first kappa shape index (κ1) is 12.6. The molecule has 0 saturated carbocycles. The Bertz CT molecular complexity index is 520. The Kier molecular flexibility index (Phi) is 3.99. The van der Waals surface area contributed by atoms with Gasteiger partial charge in [0.15, 0.2) is 0 Å². The number of aliphatic hydroxyl groups is 1. The Morgan fingerprint density at radius 3 is 2.94 bits per heavy atom. The molecule has 0 aliphatic rings. The van der Waals surface area contributed by atoms with Crippen molar-refractivity contribution in [3.8, 4) is 5.75 Å². The van der Waals surface area contributed by atoms with Gasteiger partial charge in [0.25, 0.3) is 0 Å². The summed E-state index contributed by atoms with van der Waals surface area (Å²) in [4.78, 5) is 4.10. The molecule has 96 valence electrons. The normalized spacial score (nSPS) is 10.6. The maximum absolute atomic E-state index is 9.30. The van der Waals surface area contributed by atoms with Crippen LogP contribution in [0.5, 0.6) is 5.75 Å². The number of hydrogen-bond acceptors (Lipinski definition) is 3. The summed E-state index contributed by atoms with van der Waals surface area (Å²) in [5.74, 6) is 0.729. The van der Waals surface area contributed by atoms with Crippen LogP contribution in [0, 0.1) is 6.92 Å². The summed E-state index contributed by atoms with van der Waals surface area (Å²) >= 11 is 0. The summed E-state index contributed by atoms with van der Waals surface area (Å²) < 4.78 is 7.78. The Balaban J connectivity index is 2.10. The van der Waals surface area contributed by atoms with Gasteiger partial charge in [0, 0.05) is 12.1 Å². The van der Waals surface area contributed by atoms with Gasteiger partial charge in [-0.05, 0) is 19.9 Å². The number of benzene rings is 1. The molecule has 0 amide bonds. The molecule has 1 aromatic carbocycles. The van der Waals surface area contributed by atoms with Gasteiger partial charge in [-0.3, -0.25) is 0 Å². The zero-order valence-electron chi connectivity index (χ0n) is 10.8. The predicted molar refractivity (Wildman–Crippen MR) is 69.3 cm³/mol. The number of imidazole rings is 1. The number of hydrogen-bond donors (Lipinski definition) is 1. The van der Waals surface area contributed by atoms with Crippen molar-refractivity contribution in [3.05, 3.63) is 47.5 Å². The molecule has 0 bridgehead atoms. The highest BCUT2D eigenvalue weighted by atomic mass is 16.5. The Morgan fingerprint density at radius 2 is 2.22 bits per heavy atom. The van der Waals surface area contributed by atoms with Crippen molar-refractivity contribution in [1.29, 1.82) is 0 Å². The molecule has 18 heavy (non-hydrogen) atoms. The zero-order valence-corrected chi connectivity index (χ0v) is 10.8. The standard InChI is InChI=1S/C14H18N2O2/c1-3-16-10-15-7-13(16)9-18-14-5-4-11(2)6-12(14)8-17/h4-7,10,17H,3,8-9H2,1-2H3. The second-order valence-corrected chi connectivity index (χ2v) is 4.23. The molecule has 2 aromatic rings. The lowest BCUT2D eigenvalue weighted by Gasteiger charge is -2.11. The van der Waals surface area contributed by atoms with Crippen molar-refractivity contribution in [2.24, 2.45) is 0 Å². The number of aromatic nitrogens is 2. The number of nitrogens with zero attached hydrogens (tertiary/aromatic N) is 2. The molecular formula is C14H18N2O2. The highest BCUT2D eigenvalue weighted by molar-refractivity contribution is 5.36. The predicted octanol–water partition coefficient (Wildman–Crippen LogP) is 2.28. The molecule has 0 fully saturated rings. The molecule has 0 aliphatic heterocycles. The fourth-order valence-corrected chi connectivity index (χ4v) is 1.88. The van der Waals surface area contributed by atoms with Crippen LogP contribution in [0.15, 0.2) is 30.7 Å². The van der Waals surface area contributed by atoms with E-state index in [0.29, 0.717) is 6.61 Å². The third kappa shape index (κ3) is 2.71. The summed E-state index contributed by atoms with van der Waals surface area (Å²) in [5, 5.41) is 9.30. The third-order valence-corrected chi connectivity index (χ3v) is 2.90. The van der Waals surface area contributed by atoms with E-state index < -0.39 is 0 Å². The molecule has 0 atom stereocenters. The van der Waals surface area contributed by atoms with Crippen molar-refractivity contribution in [1.82, 2.24) is 9.55 Å². The summed E-state index contributed by atoms with van der Waals surface area (Å²) in [7, 11) is 0. The summed E-state index contributed by atoms with van der Waals surface area (Å²) in [6.07, 6.45) is 3.59. The smallest absolute Gasteiger partial charge is 0.130 e. The first-order valence-corrected chi connectivity index (χ1v) is 6.06. The maximum atomic E-state index is 9.30. The van der Waals surface area contributed by atoms with Crippen molar-refractivity contribution < 1.29 is 9.84 Å². The summed E-state index contributed by atoms with van der Waals surface area (Å²) in [5.41, 5.74) is 2.96. The highest BCUT2D eigenvalue weighted by Gasteiger charge is 2.05. The van der Waals surface area contributed by atoms with Crippen LogP contribution in [0.2, 0.25) is 0 Å². The van der Waals surface area contributed by atoms with E-state index in [1.165, 1.54) is 0 Å². The van der Waals surface area contributed by atoms with Crippen molar-refractivity contribution >= 4 is 0 Å². The van der Waals surface area contributed by atoms with E-state index in [9.17, 15) is 5.11 Å². The fraction of sp³-hybridized carbons (Fsp3) is 0.357. The molecule has 0 unspecified atom stereocenters. The molecule has 0 saturated heterocycles. The fourth-order valence-electron chi connectivity index (χ4n) is 1.88. The minimum absolute atomic E-state index is 0.00987. The largest absolute Gasteiger partial charge is 0.487 e. The lowest BCUT2D eigenvalue weighted by Crippen LogP contribution is -2.05. The molecule has 1 heterocycles. The van der Waals surface area contributed by atoms with E-state index in [2.05, 4.69) is 11.9 Å². The topological polar surface area (TPSA) is 47.3 Å². The van der Waals surface area contributed by atoms with Crippen LogP contribution in [-0.2, 0) is 19.8 Å². The van der Waals surface area contributed by atoms with Gasteiger partial charge in [0.2, 0.25) is 0 Å². The molecule has 0 radical (unpaired) electrons. The van der Waals surface area contributed by atoms with Crippen LogP contribution in [0.3, 0.4) is 0 Å². The van der Waals surface area contributed by atoms with E-state index in [4.69, 9.17) is 4.74 Å². The number of aliphatic hydroxyl groups excluding tert-OH is 1. The molecule has 0 spiro atoms. The monoisotopic (exact) mass is 246 g/mol. The SMILES string of the molecule is CCn1cncc1COc1ccc(C)cc1CO. The van der Waals surface area contributed by atoms with Crippen LogP contribution < -0.4 is 4.74 Å². The van der Waals surface area contributed by atoms with Crippen molar-refractivity contribution in [2.75, 3.05) is 0 Å². The first-order chi connectivity index (χ1) is 8.74. The minimum atomic E-state index is -0.00987. The van der Waals surface area contributed by atoms with Crippen molar-refractivity contribution in [3.63, 3.8) is 0 Å². The molecule has 1 aromatic heterocycles. The van der Waals surface area contributed by atoms with E-state index in [0.717, 1.165) is 29.1 Å². The molecule has 4 nitrogen and oxygen atoms in total. The molecule has 2 rings (SSSR count). The summed E-state index contributed by atoms with van der Waals surface area (Å²) in [6.45, 7) is 5.39. The highest BCUT2D eigenvalue weighted by Crippen LogP contribution is 2.21. The molecule has 4 heteroatoms. The second kappa shape index (κ2) is 5.69. The molecular weight excluding hydrogens is 228 g/mol. The average molecular weight is 246 g/mol. The first-order valence-electron chi connectivity index (χ1n) is 6.06. The van der Waals surface area contributed by atoms with Gasteiger partial charge in [0.05, 0.1) is 24.8 Å². The number of aryl methyl sites for hydroxylation is 2. The summed E-state index contributed by atoms with van der Waals surface area (Å²) in [6, 6.07) is 5.81. The lowest BCUT2D eigenvalue weighted by atomic mass is 10.1. The minimum Gasteiger partial charge on any atom is -0.487 e. The Morgan fingerprint density at radius 1 is 1.39 bits per heavy atom. The maximum Gasteiger partial charge on any atom is 0.130 e. The zero-order chi connectivity index (χ0) is 13.0. The van der Waals surface area contributed by atoms with Gasteiger partial charge in [-0.1, -0.05) is 17.7 Å². The van der Waals surface area contributed by atoms with Crippen LogP contribution in [0.4, 0.5) is 0 Å². The number of rotatable bonds is 5. The molecule has 0 aliphatic carbocycles. The van der Waals surface area contributed by atoms with Gasteiger partial charge in [-0.25, -0.2) is 4.98 Å². The van der Waals surface area contributed by atoms with Crippen LogP contribution in [0.1, 0.15) is 23.7 Å². The number of ether oxygens (including phenoxy) is 1. The third-order valence-electron chi connectivity index (χ3n) is 2.90. The Hall–Kier alpha value is -1.81. The quantitative estimate of drug-likeness (QED) is 0.880. The van der Waals surface area contributed by atoms with E-state index >= 15 is 0 Å². The van der Waals surface area contributed by atoms with Crippen LogP contribution >= 0.6 is 0 Å². The van der Waals surface area contributed by atoms with E-state index in [1.54, 1.807) is 12.5 Å². The second-order valence-electron chi connectivity index (χ2n) is 4.23. The van der Waals surface area contributed by atoms with Crippen LogP contribution in [-0.4, -0.2) is 14.7 Å². The molecule has 1 N–H and O–H groups in total. The van der Waals surface area contributed by atoms with Gasteiger partial charge >= 0.3 is 0 Å². The Labute approximate surface area is 107 Å². The van der Waals surface area contributed by atoms with Gasteiger partial charge < -0.3 is 14.4 Å². The van der Waals surface area contributed by atoms with E-state index in [1.807, 2.05) is 29.7 Å². The van der Waals surface area contributed by atoms with Gasteiger partial charge in [-0.2, -0.15) is 0 Å². The van der Waals surface area contributed by atoms with E-state index in [-0.39, 0.29) is 6.61 Å². The lowest BCUT2D eigenvalue weighted by molar-refractivity contribution is 0.255. The van der Waals surface area contributed by atoms with Crippen molar-refractivity contribution in [2.45, 2.75) is 33.6 Å².